The van der Waals surface area contributed by atoms with Gasteiger partial charge in [-0.2, -0.15) is 0 Å². The Morgan fingerprint density at radius 2 is 1.55 bits per heavy atom. The van der Waals surface area contributed by atoms with Crippen LogP contribution < -0.4 is 16.1 Å². The van der Waals surface area contributed by atoms with Gasteiger partial charge in [-0.25, -0.2) is 15.0 Å². The SMILES string of the molecule is CC(C)(C)[Si](OCC1CC(n2cnc3c(N)ncnc32)C1)(c1ccccc1)c1ccccc1. The van der Waals surface area contributed by atoms with Crippen molar-refractivity contribution in [2.45, 2.75) is 44.7 Å². The molecule has 7 heteroatoms. The Morgan fingerprint density at radius 1 is 0.939 bits per heavy atom. The van der Waals surface area contributed by atoms with Crippen molar-refractivity contribution in [3.63, 3.8) is 0 Å². The molecule has 170 valence electrons. The lowest BCUT2D eigenvalue weighted by molar-refractivity contribution is 0.121. The van der Waals surface area contributed by atoms with Gasteiger partial charge in [0.05, 0.1) is 6.33 Å². The molecule has 0 amide bonds. The molecule has 0 spiro atoms. The number of imidazole rings is 1. The van der Waals surface area contributed by atoms with E-state index in [-0.39, 0.29) is 5.04 Å². The molecule has 2 aromatic carbocycles. The van der Waals surface area contributed by atoms with Crippen molar-refractivity contribution in [2.24, 2.45) is 5.92 Å². The van der Waals surface area contributed by atoms with Crippen LogP contribution in [0.25, 0.3) is 11.2 Å². The number of fused-ring (bicyclic) bond motifs is 1. The van der Waals surface area contributed by atoms with Gasteiger partial charge in [0, 0.05) is 12.6 Å². The van der Waals surface area contributed by atoms with Gasteiger partial charge in [0.25, 0.3) is 8.32 Å². The zero-order valence-corrected chi connectivity index (χ0v) is 20.5. The maximum atomic E-state index is 7.11. The molecule has 2 aromatic heterocycles. The van der Waals surface area contributed by atoms with E-state index in [0.717, 1.165) is 25.1 Å². The third kappa shape index (κ3) is 3.75. The maximum Gasteiger partial charge on any atom is 0.261 e. The number of benzene rings is 2. The first kappa shape index (κ1) is 21.8. The van der Waals surface area contributed by atoms with E-state index in [4.69, 9.17) is 10.2 Å². The number of hydrogen-bond acceptors (Lipinski definition) is 5. The number of aromatic nitrogens is 4. The number of nitrogens with zero attached hydrogens (tertiary/aromatic N) is 4. The van der Waals surface area contributed by atoms with E-state index in [2.05, 4.69) is 101 Å². The van der Waals surface area contributed by atoms with E-state index in [0.29, 0.717) is 23.3 Å². The lowest BCUT2D eigenvalue weighted by Crippen LogP contribution is -2.67. The molecule has 33 heavy (non-hydrogen) atoms. The molecule has 0 atom stereocenters. The van der Waals surface area contributed by atoms with Gasteiger partial charge in [0.2, 0.25) is 0 Å². The number of rotatable bonds is 6. The van der Waals surface area contributed by atoms with Crippen LogP contribution in [0.15, 0.2) is 73.3 Å². The Bertz CT molecular complexity index is 1190. The fraction of sp³-hybridized carbons (Fsp3) is 0.346. The van der Waals surface area contributed by atoms with Gasteiger partial charge in [-0.05, 0) is 34.2 Å². The van der Waals surface area contributed by atoms with Crippen LogP contribution in [0.5, 0.6) is 0 Å². The van der Waals surface area contributed by atoms with Crippen LogP contribution in [0.1, 0.15) is 39.7 Å². The summed E-state index contributed by atoms with van der Waals surface area (Å²) < 4.78 is 9.26. The largest absolute Gasteiger partial charge is 0.407 e. The molecule has 0 aliphatic heterocycles. The molecule has 6 nitrogen and oxygen atoms in total. The highest BCUT2D eigenvalue weighted by molar-refractivity contribution is 6.99. The third-order valence-corrected chi connectivity index (χ3v) is 11.9. The molecule has 0 saturated heterocycles. The van der Waals surface area contributed by atoms with Gasteiger partial charge in [-0.1, -0.05) is 81.4 Å². The minimum atomic E-state index is -2.49. The second-order valence-corrected chi connectivity index (χ2v) is 14.4. The quantitative estimate of drug-likeness (QED) is 0.444. The Morgan fingerprint density at radius 3 is 2.12 bits per heavy atom. The Hall–Kier alpha value is -3.03. The van der Waals surface area contributed by atoms with Gasteiger partial charge in [-0.3, -0.25) is 0 Å². The molecule has 0 radical (unpaired) electrons. The van der Waals surface area contributed by atoms with Gasteiger partial charge < -0.3 is 14.7 Å². The highest BCUT2D eigenvalue weighted by atomic mass is 28.4. The zero-order chi connectivity index (χ0) is 23.1. The number of nitrogens with two attached hydrogens (primary N) is 1. The predicted molar refractivity (Wildman–Crippen MR) is 135 cm³/mol. The van der Waals surface area contributed by atoms with E-state index in [1.54, 1.807) is 0 Å². The van der Waals surface area contributed by atoms with Crippen molar-refractivity contribution in [2.75, 3.05) is 12.3 Å². The summed E-state index contributed by atoms with van der Waals surface area (Å²) in [6.07, 6.45) is 5.46. The molecule has 4 aromatic rings. The van der Waals surface area contributed by atoms with Gasteiger partial charge in [0.15, 0.2) is 11.5 Å². The standard InChI is InChI=1S/C26H31N5OSi/c1-26(2,3)33(21-10-6-4-7-11-21,22-12-8-5-9-13-22)32-16-19-14-20(15-19)31-18-30-23-24(27)28-17-29-25(23)31/h4-13,17-20H,14-16H2,1-3H3,(H2,27,28,29). The van der Waals surface area contributed by atoms with E-state index < -0.39 is 8.32 Å². The van der Waals surface area contributed by atoms with E-state index in [1.165, 1.54) is 16.7 Å². The van der Waals surface area contributed by atoms with Gasteiger partial charge in [-0.15, -0.1) is 0 Å². The second-order valence-electron chi connectivity index (χ2n) is 10.0. The third-order valence-electron chi connectivity index (χ3n) is 6.94. The summed E-state index contributed by atoms with van der Waals surface area (Å²) in [7, 11) is -2.49. The minimum Gasteiger partial charge on any atom is -0.407 e. The molecule has 0 unspecified atom stereocenters. The van der Waals surface area contributed by atoms with Crippen molar-refractivity contribution in [1.29, 1.82) is 0 Å². The molecule has 0 bridgehead atoms. The van der Waals surface area contributed by atoms with Crippen molar-refractivity contribution in [3.05, 3.63) is 73.3 Å². The predicted octanol–water partition coefficient (Wildman–Crippen LogP) is 3.94. The lowest BCUT2D eigenvalue weighted by Gasteiger charge is -2.45. The van der Waals surface area contributed by atoms with E-state index in [1.807, 2.05) is 6.33 Å². The minimum absolute atomic E-state index is 0.00610. The summed E-state index contributed by atoms with van der Waals surface area (Å²) in [6.45, 7) is 7.73. The van der Waals surface area contributed by atoms with Crippen LogP contribution in [0.2, 0.25) is 5.04 Å². The van der Waals surface area contributed by atoms with Gasteiger partial charge >= 0.3 is 0 Å². The van der Waals surface area contributed by atoms with Crippen molar-refractivity contribution in [1.82, 2.24) is 19.5 Å². The molecule has 2 N–H and O–H groups in total. The summed E-state index contributed by atoms with van der Waals surface area (Å²) in [5, 5.41) is 2.65. The van der Waals surface area contributed by atoms with Crippen LogP contribution in [0.3, 0.4) is 0 Å². The summed E-state index contributed by atoms with van der Waals surface area (Å²) in [5.41, 5.74) is 7.46. The average molecular weight is 458 g/mol. The van der Waals surface area contributed by atoms with Crippen LogP contribution >= 0.6 is 0 Å². The van der Waals surface area contributed by atoms with Crippen LogP contribution in [0.4, 0.5) is 5.82 Å². The molecule has 1 fully saturated rings. The summed E-state index contributed by atoms with van der Waals surface area (Å²) in [6, 6.07) is 22.0. The first-order valence-corrected chi connectivity index (χ1v) is 13.5. The van der Waals surface area contributed by atoms with Crippen LogP contribution in [0, 0.1) is 5.92 Å². The average Bonchev–Trinajstić information content (AvgIpc) is 3.21. The molecule has 5 rings (SSSR count). The monoisotopic (exact) mass is 457 g/mol. The lowest BCUT2D eigenvalue weighted by atomic mass is 9.81. The van der Waals surface area contributed by atoms with E-state index >= 15 is 0 Å². The highest BCUT2D eigenvalue weighted by Crippen LogP contribution is 2.42. The van der Waals surface area contributed by atoms with Crippen LogP contribution in [-0.4, -0.2) is 34.4 Å². The Kier molecular flexibility index (Phi) is 5.54. The molecule has 1 aliphatic rings. The molecule has 2 heterocycles. The summed E-state index contributed by atoms with van der Waals surface area (Å²) >= 11 is 0. The van der Waals surface area contributed by atoms with Crippen molar-refractivity contribution < 1.29 is 4.43 Å². The summed E-state index contributed by atoms with van der Waals surface area (Å²) in [5.74, 6) is 0.943. The maximum absolute atomic E-state index is 7.11. The first-order valence-electron chi connectivity index (χ1n) is 11.6. The zero-order valence-electron chi connectivity index (χ0n) is 19.5. The number of anilines is 1. The topological polar surface area (TPSA) is 78.9 Å². The van der Waals surface area contributed by atoms with Crippen LogP contribution in [-0.2, 0) is 4.43 Å². The molecule has 1 saturated carbocycles. The van der Waals surface area contributed by atoms with Crippen molar-refractivity contribution in [3.8, 4) is 0 Å². The summed E-state index contributed by atoms with van der Waals surface area (Å²) in [4.78, 5) is 12.9. The highest BCUT2D eigenvalue weighted by Gasteiger charge is 2.50. The van der Waals surface area contributed by atoms with E-state index in [9.17, 15) is 0 Å². The molecular weight excluding hydrogens is 426 g/mol. The Labute approximate surface area is 196 Å². The van der Waals surface area contributed by atoms with Crippen molar-refractivity contribution >= 4 is 35.7 Å². The van der Waals surface area contributed by atoms with Gasteiger partial charge in [0.1, 0.15) is 11.8 Å². The normalized spacial score (nSPS) is 18.9. The Balaban J connectivity index is 1.38. The second kappa shape index (κ2) is 8.39. The fourth-order valence-corrected chi connectivity index (χ4v) is 9.85. The number of nitrogen functional groups attached to an aromatic ring is 1. The molecule has 1 aliphatic carbocycles. The smallest absolute Gasteiger partial charge is 0.261 e. The molecular formula is C26H31N5OSi. The number of hydrogen-bond donors (Lipinski definition) is 1. The fourth-order valence-electron chi connectivity index (χ4n) is 5.21. The first-order chi connectivity index (χ1) is 15.9.